The highest BCUT2D eigenvalue weighted by atomic mass is 35.5. The lowest BCUT2D eigenvalue weighted by Gasteiger charge is -2.06. The summed E-state index contributed by atoms with van der Waals surface area (Å²) in [4.78, 5) is 0. The van der Waals surface area contributed by atoms with Crippen molar-refractivity contribution in [1.29, 1.82) is 0 Å². The van der Waals surface area contributed by atoms with E-state index in [1.54, 1.807) is 0 Å². The maximum Gasteiger partial charge on any atom is 0.0459 e. The molecule has 1 rings (SSSR count). The zero-order valence-corrected chi connectivity index (χ0v) is 7.88. The number of halogens is 1. The van der Waals surface area contributed by atoms with Gasteiger partial charge in [-0.05, 0) is 30.0 Å². The van der Waals surface area contributed by atoms with E-state index < -0.39 is 0 Å². The van der Waals surface area contributed by atoms with Gasteiger partial charge in [-0.3, -0.25) is 0 Å². The Morgan fingerprint density at radius 2 is 1.92 bits per heavy atom. The number of benzene rings is 1. The van der Waals surface area contributed by atoms with Crippen LogP contribution in [0.2, 0.25) is 5.02 Å². The van der Waals surface area contributed by atoms with Crippen molar-refractivity contribution in [2.24, 2.45) is 5.92 Å². The Bertz CT molecular complexity index is 230. The first-order chi connectivity index (χ1) is 5.72. The lowest BCUT2D eigenvalue weighted by Crippen LogP contribution is -2.04. The Hall–Kier alpha value is -0.530. The Balaban J connectivity index is 2.58. The van der Waals surface area contributed by atoms with Crippen LogP contribution in [0.1, 0.15) is 12.5 Å². The van der Waals surface area contributed by atoms with Gasteiger partial charge in [0.05, 0.1) is 0 Å². The van der Waals surface area contributed by atoms with Crippen molar-refractivity contribution in [3.63, 3.8) is 0 Å². The van der Waals surface area contributed by atoms with Crippen LogP contribution < -0.4 is 0 Å². The molecule has 0 fully saturated rings. The van der Waals surface area contributed by atoms with Gasteiger partial charge in [0.25, 0.3) is 0 Å². The van der Waals surface area contributed by atoms with Crippen LogP contribution in [-0.2, 0) is 6.42 Å². The molecule has 0 unspecified atom stereocenters. The molecule has 2 heteroatoms. The maximum absolute atomic E-state index is 8.82. The van der Waals surface area contributed by atoms with E-state index in [-0.39, 0.29) is 6.61 Å². The Morgan fingerprint density at radius 3 is 2.42 bits per heavy atom. The van der Waals surface area contributed by atoms with Crippen LogP contribution in [0.3, 0.4) is 0 Å². The Labute approximate surface area is 78.0 Å². The summed E-state index contributed by atoms with van der Waals surface area (Å²) in [5.41, 5.74) is 1.22. The summed E-state index contributed by atoms with van der Waals surface area (Å²) in [6.07, 6.45) is 0.910. The third-order valence-electron chi connectivity index (χ3n) is 1.81. The smallest absolute Gasteiger partial charge is 0.0459 e. The van der Waals surface area contributed by atoms with E-state index in [2.05, 4.69) is 0 Å². The zero-order valence-electron chi connectivity index (χ0n) is 7.13. The van der Waals surface area contributed by atoms with E-state index in [1.807, 2.05) is 31.2 Å². The average molecular weight is 185 g/mol. The largest absolute Gasteiger partial charge is 0.396 e. The van der Waals surface area contributed by atoms with Crippen LogP contribution in [0.4, 0.5) is 0 Å². The van der Waals surface area contributed by atoms with Gasteiger partial charge < -0.3 is 5.11 Å². The van der Waals surface area contributed by atoms with Gasteiger partial charge in [-0.25, -0.2) is 0 Å². The highest BCUT2D eigenvalue weighted by molar-refractivity contribution is 6.30. The Kier molecular flexibility index (Phi) is 3.57. The number of hydrogen-bond donors (Lipinski definition) is 1. The first kappa shape index (κ1) is 9.56. The molecule has 0 saturated heterocycles. The van der Waals surface area contributed by atoms with Crippen molar-refractivity contribution in [3.05, 3.63) is 34.9 Å². The summed E-state index contributed by atoms with van der Waals surface area (Å²) in [7, 11) is 0. The van der Waals surface area contributed by atoms with Crippen molar-refractivity contribution in [3.8, 4) is 0 Å². The van der Waals surface area contributed by atoms with Gasteiger partial charge in [0.2, 0.25) is 0 Å². The third kappa shape index (κ3) is 2.84. The summed E-state index contributed by atoms with van der Waals surface area (Å²) < 4.78 is 0. The molecule has 1 aromatic carbocycles. The minimum atomic E-state index is 0.239. The number of aliphatic hydroxyl groups is 1. The fraction of sp³-hybridized carbons (Fsp3) is 0.400. The molecule has 0 aliphatic heterocycles. The number of aliphatic hydroxyl groups excluding tert-OH is 1. The molecule has 0 saturated carbocycles. The monoisotopic (exact) mass is 184 g/mol. The van der Waals surface area contributed by atoms with Crippen molar-refractivity contribution in [1.82, 2.24) is 0 Å². The number of hydrogen-bond acceptors (Lipinski definition) is 1. The van der Waals surface area contributed by atoms with Crippen molar-refractivity contribution < 1.29 is 5.11 Å². The molecule has 0 aliphatic carbocycles. The summed E-state index contributed by atoms with van der Waals surface area (Å²) in [6.45, 7) is 2.26. The topological polar surface area (TPSA) is 20.2 Å². The maximum atomic E-state index is 8.82. The molecule has 0 amide bonds. The third-order valence-corrected chi connectivity index (χ3v) is 2.06. The molecule has 0 bridgehead atoms. The number of rotatable bonds is 3. The van der Waals surface area contributed by atoms with Gasteiger partial charge in [-0.1, -0.05) is 30.7 Å². The standard InChI is InChI=1S/C10H13ClO/c1-8(7-12)6-9-2-4-10(11)5-3-9/h2-5,8,12H,6-7H2,1H3/t8-/m1/s1. The van der Waals surface area contributed by atoms with Crippen LogP contribution in [0, 0.1) is 5.92 Å². The van der Waals surface area contributed by atoms with Crippen molar-refractivity contribution in [2.75, 3.05) is 6.61 Å². The fourth-order valence-electron chi connectivity index (χ4n) is 1.09. The zero-order chi connectivity index (χ0) is 8.97. The molecule has 0 heterocycles. The average Bonchev–Trinajstić information content (AvgIpc) is 2.09. The molecule has 0 aliphatic rings. The molecule has 12 heavy (non-hydrogen) atoms. The summed E-state index contributed by atoms with van der Waals surface area (Å²) >= 11 is 5.73. The van der Waals surface area contributed by atoms with Crippen molar-refractivity contribution in [2.45, 2.75) is 13.3 Å². The van der Waals surface area contributed by atoms with Crippen LogP contribution in [-0.4, -0.2) is 11.7 Å². The van der Waals surface area contributed by atoms with Crippen LogP contribution >= 0.6 is 11.6 Å². The Morgan fingerprint density at radius 1 is 1.33 bits per heavy atom. The molecule has 66 valence electrons. The molecule has 1 nitrogen and oxygen atoms in total. The predicted octanol–water partition coefficient (Wildman–Crippen LogP) is 2.51. The highest BCUT2D eigenvalue weighted by Gasteiger charge is 2.00. The van der Waals surface area contributed by atoms with Gasteiger partial charge in [0.1, 0.15) is 0 Å². The normalized spacial score (nSPS) is 12.9. The fourth-order valence-corrected chi connectivity index (χ4v) is 1.21. The van der Waals surface area contributed by atoms with Crippen LogP contribution in [0.25, 0.3) is 0 Å². The summed E-state index contributed by atoms with van der Waals surface area (Å²) in [5.74, 6) is 0.325. The van der Waals surface area contributed by atoms with E-state index in [0.717, 1.165) is 11.4 Å². The molecule has 0 radical (unpaired) electrons. The molecular weight excluding hydrogens is 172 g/mol. The predicted molar refractivity (Wildman–Crippen MR) is 51.4 cm³/mol. The second-order valence-corrected chi connectivity index (χ2v) is 3.55. The van der Waals surface area contributed by atoms with Gasteiger partial charge in [0.15, 0.2) is 0 Å². The van der Waals surface area contributed by atoms with Gasteiger partial charge >= 0.3 is 0 Å². The van der Waals surface area contributed by atoms with Gasteiger partial charge in [-0.2, -0.15) is 0 Å². The quantitative estimate of drug-likeness (QED) is 0.766. The van der Waals surface area contributed by atoms with Crippen LogP contribution in [0.15, 0.2) is 24.3 Å². The molecular formula is C10H13ClO. The SMILES string of the molecule is C[C@@H](CO)Cc1ccc(Cl)cc1. The lowest BCUT2D eigenvalue weighted by atomic mass is 10.0. The van der Waals surface area contributed by atoms with E-state index in [9.17, 15) is 0 Å². The van der Waals surface area contributed by atoms with E-state index in [1.165, 1.54) is 5.56 Å². The first-order valence-electron chi connectivity index (χ1n) is 4.07. The van der Waals surface area contributed by atoms with Gasteiger partial charge in [-0.15, -0.1) is 0 Å². The van der Waals surface area contributed by atoms with E-state index in [4.69, 9.17) is 16.7 Å². The summed E-state index contributed by atoms with van der Waals surface area (Å²) in [5, 5.41) is 9.58. The second-order valence-electron chi connectivity index (χ2n) is 3.12. The lowest BCUT2D eigenvalue weighted by molar-refractivity contribution is 0.237. The van der Waals surface area contributed by atoms with E-state index >= 15 is 0 Å². The molecule has 0 aromatic heterocycles. The molecule has 1 atom stereocenters. The highest BCUT2D eigenvalue weighted by Crippen LogP contribution is 2.12. The van der Waals surface area contributed by atoms with Crippen molar-refractivity contribution >= 4 is 11.6 Å². The first-order valence-corrected chi connectivity index (χ1v) is 4.45. The molecule has 1 aromatic rings. The van der Waals surface area contributed by atoms with Gasteiger partial charge in [0, 0.05) is 11.6 Å². The molecule has 0 spiro atoms. The molecule has 1 N–H and O–H groups in total. The minimum absolute atomic E-state index is 0.239. The minimum Gasteiger partial charge on any atom is -0.396 e. The van der Waals surface area contributed by atoms with E-state index in [0.29, 0.717) is 5.92 Å². The summed E-state index contributed by atoms with van der Waals surface area (Å²) in [6, 6.07) is 7.74. The second kappa shape index (κ2) is 4.48. The van der Waals surface area contributed by atoms with Crippen LogP contribution in [0.5, 0.6) is 0 Å².